The molecule has 38 heavy (non-hydrogen) atoms. The van der Waals surface area contributed by atoms with Crippen LogP contribution in [0.3, 0.4) is 0 Å². The second-order valence-electron chi connectivity index (χ2n) is 8.76. The average molecular weight is 539 g/mol. The molecule has 5 rings (SSSR count). The maximum absolute atomic E-state index is 13.2. The summed E-state index contributed by atoms with van der Waals surface area (Å²) in [4.78, 5) is 20.3. The van der Waals surface area contributed by atoms with Crippen LogP contribution in [0.4, 0.5) is 5.69 Å². The Bertz CT molecular complexity index is 1390. The minimum absolute atomic E-state index is 0. The Morgan fingerprint density at radius 2 is 1.71 bits per heavy atom. The van der Waals surface area contributed by atoms with Gasteiger partial charge in [0.2, 0.25) is 11.6 Å². The molecule has 1 amide bonds. The van der Waals surface area contributed by atoms with Gasteiger partial charge in [0.1, 0.15) is 5.52 Å². The van der Waals surface area contributed by atoms with Crippen LogP contribution in [0.1, 0.15) is 15.9 Å². The highest BCUT2D eigenvalue weighted by atomic mass is 35.5. The summed E-state index contributed by atoms with van der Waals surface area (Å²) in [6.07, 6.45) is 0. The van der Waals surface area contributed by atoms with E-state index in [1.54, 1.807) is 12.1 Å². The normalized spacial score (nSPS) is 13.6. The summed E-state index contributed by atoms with van der Waals surface area (Å²) < 4.78 is 22.3. The number of amides is 1. The summed E-state index contributed by atoms with van der Waals surface area (Å²) in [6, 6.07) is 16.8. The molecule has 200 valence electrons. The number of halogens is 1. The number of ether oxygens (including phenoxy) is 3. The van der Waals surface area contributed by atoms with E-state index in [2.05, 4.69) is 21.6 Å². The van der Waals surface area contributed by atoms with E-state index in [0.717, 1.165) is 38.2 Å². The second-order valence-corrected chi connectivity index (χ2v) is 8.76. The van der Waals surface area contributed by atoms with Gasteiger partial charge in [0.15, 0.2) is 17.1 Å². The summed E-state index contributed by atoms with van der Waals surface area (Å²) in [6.45, 7) is 4.94. The summed E-state index contributed by atoms with van der Waals surface area (Å²) in [5.74, 6) is 1.33. The van der Waals surface area contributed by atoms with Crippen LogP contribution in [0.15, 0.2) is 59.0 Å². The zero-order valence-electron chi connectivity index (χ0n) is 21.6. The summed E-state index contributed by atoms with van der Waals surface area (Å²) in [7, 11) is 4.54. The Hall–Kier alpha value is -3.79. The van der Waals surface area contributed by atoms with E-state index in [4.69, 9.17) is 23.6 Å². The number of nitrogens with one attached hydrogen (secondary N) is 2. The van der Waals surface area contributed by atoms with E-state index in [1.807, 2.05) is 36.4 Å². The molecule has 2 N–H and O–H groups in total. The minimum atomic E-state index is -0.332. The molecule has 3 aromatic carbocycles. The van der Waals surface area contributed by atoms with Crippen molar-refractivity contribution in [2.45, 2.75) is 6.54 Å². The molecule has 9 nitrogen and oxygen atoms in total. The first-order valence-corrected chi connectivity index (χ1v) is 12.1. The number of hydrogen-bond donors (Lipinski definition) is 2. The summed E-state index contributed by atoms with van der Waals surface area (Å²) in [5.41, 5.74) is 4.29. The maximum Gasteiger partial charge on any atom is 0.255 e. The highest BCUT2D eigenvalue weighted by molar-refractivity contribution is 6.06. The first-order chi connectivity index (χ1) is 18.1. The van der Waals surface area contributed by atoms with E-state index in [0.29, 0.717) is 45.5 Å². The van der Waals surface area contributed by atoms with Gasteiger partial charge in [0.05, 0.1) is 32.6 Å². The van der Waals surface area contributed by atoms with Gasteiger partial charge in [-0.05, 0) is 42.0 Å². The van der Waals surface area contributed by atoms with Crippen molar-refractivity contribution in [1.29, 1.82) is 0 Å². The van der Waals surface area contributed by atoms with Gasteiger partial charge in [-0.25, -0.2) is 4.98 Å². The van der Waals surface area contributed by atoms with Crippen molar-refractivity contribution < 1.29 is 23.4 Å². The third-order valence-electron chi connectivity index (χ3n) is 6.40. The van der Waals surface area contributed by atoms with Crippen LogP contribution in [0.25, 0.3) is 22.6 Å². The van der Waals surface area contributed by atoms with Crippen LogP contribution < -0.4 is 24.8 Å². The number of fused-ring (bicyclic) bond motifs is 1. The predicted molar refractivity (Wildman–Crippen MR) is 149 cm³/mol. The van der Waals surface area contributed by atoms with Crippen molar-refractivity contribution >= 4 is 35.1 Å². The summed E-state index contributed by atoms with van der Waals surface area (Å²) >= 11 is 0. The van der Waals surface area contributed by atoms with Crippen LogP contribution >= 0.6 is 12.4 Å². The molecule has 2 heterocycles. The van der Waals surface area contributed by atoms with Crippen LogP contribution in [0.2, 0.25) is 0 Å². The van der Waals surface area contributed by atoms with E-state index < -0.39 is 0 Å². The number of carbonyl (C=O) groups is 1. The molecule has 1 aromatic heterocycles. The Morgan fingerprint density at radius 1 is 1.00 bits per heavy atom. The molecule has 0 saturated carbocycles. The van der Waals surface area contributed by atoms with E-state index in [-0.39, 0.29) is 18.3 Å². The SMILES string of the molecule is COc1cc(C(=O)Nc2ccccc2-c2nc3ccc(CN4CCNCC4)cc3o2)cc(OC)c1OC.Cl. The molecule has 0 unspecified atom stereocenters. The number of methoxy groups -OCH3 is 3. The standard InChI is InChI=1S/C28H30N4O5.ClH/c1-34-24-15-19(16-25(35-2)26(24)36-3)27(33)30-21-7-5-4-6-20(21)28-31-22-9-8-18(14-23(22)37-28)17-32-12-10-29-11-13-32;/h4-9,14-16,29H,10-13,17H2,1-3H3,(H,30,33);1H. The number of aromatic nitrogens is 1. The van der Waals surface area contributed by atoms with Crippen molar-refractivity contribution in [3.8, 4) is 28.7 Å². The molecular formula is C28H31ClN4O5. The number of anilines is 1. The average Bonchev–Trinajstić information content (AvgIpc) is 3.36. The molecule has 10 heteroatoms. The van der Waals surface area contributed by atoms with Gasteiger partial charge in [0.25, 0.3) is 5.91 Å². The van der Waals surface area contributed by atoms with Gasteiger partial charge in [-0.3, -0.25) is 9.69 Å². The van der Waals surface area contributed by atoms with Crippen molar-refractivity contribution in [3.63, 3.8) is 0 Å². The van der Waals surface area contributed by atoms with Crippen molar-refractivity contribution in [2.24, 2.45) is 0 Å². The molecule has 1 saturated heterocycles. The lowest BCUT2D eigenvalue weighted by Gasteiger charge is -2.27. The van der Waals surface area contributed by atoms with Gasteiger partial charge < -0.3 is 29.3 Å². The molecule has 0 spiro atoms. The molecule has 0 radical (unpaired) electrons. The van der Waals surface area contributed by atoms with Gasteiger partial charge in [-0.1, -0.05) is 18.2 Å². The van der Waals surface area contributed by atoms with E-state index in [1.165, 1.54) is 26.9 Å². The summed E-state index contributed by atoms with van der Waals surface area (Å²) in [5, 5.41) is 6.35. The van der Waals surface area contributed by atoms with Crippen molar-refractivity contribution in [1.82, 2.24) is 15.2 Å². The number of para-hydroxylation sites is 1. The Morgan fingerprint density at radius 3 is 2.39 bits per heavy atom. The molecule has 1 fully saturated rings. The number of benzene rings is 3. The smallest absolute Gasteiger partial charge is 0.255 e. The Kier molecular flexibility index (Phi) is 8.73. The Balaban J connectivity index is 0.00000336. The number of oxazole rings is 1. The van der Waals surface area contributed by atoms with Crippen LogP contribution in [-0.4, -0.2) is 63.3 Å². The molecular weight excluding hydrogens is 508 g/mol. The van der Waals surface area contributed by atoms with E-state index >= 15 is 0 Å². The van der Waals surface area contributed by atoms with Crippen LogP contribution in [0.5, 0.6) is 17.2 Å². The Labute approximate surface area is 227 Å². The quantitative estimate of drug-likeness (QED) is 0.336. The number of carbonyl (C=O) groups excluding carboxylic acids is 1. The van der Waals surface area contributed by atoms with Crippen molar-refractivity contribution in [3.05, 3.63) is 65.7 Å². The topological polar surface area (TPSA) is 98.1 Å². The minimum Gasteiger partial charge on any atom is -0.493 e. The highest BCUT2D eigenvalue weighted by Crippen LogP contribution is 2.38. The number of nitrogens with zero attached hydrogens (tertiary/aromatic N) is 2. The monoisotopic (exact) mass is 538 g/mol. The van der Waals surface area contributed by atoms with Gasteiger partial charge >= 0.3 is 0 Å². The fraction of sp³-hybridized carbons (Fsp3) is 0.286. The molecule has 0 atom stereocenters. The molecule has 4 aromatic rings. The fourth-order valence-electron chi connectivity index (χ4n) is 4.50. The van der Waals surface area contributed by atoms with Gasteiger partial charge in [-0.2, -0.15) is 0 Å². The lowest BCUT2D eigenvalue weighted by molar-refractivity contribution is 0.102. The largest absolute Gasteiger partial charge is 0.493 e. The lowest BCUT2D eigenvalue weighted by Crippen LogP contribution is -2.42. The first kappa shape index (κ1) is 27.3. The highest BCUT2D eigenvalue weighted by Gasteiger charge is 2.20. The number of hydrogen-bond acceptors (Lipinski definition) is 8. The van der Waals surface area contributed by atoms with Crippen LogP contribution in [0, 0.1) is 0 Å². The number of piperazine rings is 1. The number of rotatable bonds is 8. The zero-order chi connectivity index (χ0) is 25.8. The van der Waals surface area contributed by atoms with Gasteiger partial charge in [0, 0.05) is 38.3 Å². The molecule has 1 aliphatic rings. The first-order valence-electron chi connectivity index (χ1n) is 12.1. The molecule has 0 aliphatic carbocycles. The predicted octanol–water partition coefficient (Wildman–Crippen LogP) is 4.60. The van der Waals surface area contributed by atoms with E-state index in [9.17, 15) is 4.79 Å². The van der Waals surface area contributed by atoms with Crippen LogP contribution in [-0.2, 0) is 6.54 Å². The second kappa shape index (κ2) is 12.2. The molecule has 0 bridgehead atoms. The molecule has 1 aliphatic heterocycles. The third-order valence-corrected chi connectivity index (χ3v) is 6.40. The zero-order valence-corrected chi connectivity index (χ0v) is 22.4. The van der Waals surface area contributed by atoms with Crippen molar-refractivity contribution in [2.75, 3.05) is 52.8 Å². The fourth-order valence-corrected chi connectivity index (χ4v) is 4.50. The lowest BCUT2D eigenvalue weighted by atomic mass is 10.1. The third kappa shape index (κ3) is 5.70. The maximum atomic E-state index is 13.2. The van der Waals surface area contributed by atoms with Gasteiger partial charge in [-0.15, -0.1) is 12.4 Å².